The molecule has 2 aromatic carbocycles. The summed E-state index contributed by atoms with van der Waals surface area (Å²) in [6, 6.07) is 12.8. The molecule has 0 fully saturated rings. The second-order valence-corrected chi connectivity index (χ2v) is 11.2. The van der Waals surface area contributed by atoms with E-state index in [1.165, 1.54) is 6.20 Å². The van der Waals surface area contributed by atoms with Crippen molar-refractivity contribution in [3.8, 4) is 17.6 Å². The number of benzene rings is 2. The SMILES string of the molecule is CCCOc1c(Cl)cc(C(C)(C)c2ccc(OCc3ccnc(NS(C)(=O)=O)n3)c(Cl)c2)cc1C#N. The van der Waals surface area contributed by atoms with Gasteiger partial charge in [0.25, 0.3) is 0 Å². The van der Waals surface area contributed by atoms with Gasteiger partial charge in [-0.3, -0.25) is 4.72 Å². The van der Waals surface area contributed by atoms with Gasteiger partial charge in [0.15, 0.2) is 5.75 Å². The third-order valence-electron chi connectivity index (χ3n) is 5.36. The number of aromatic nitrogens is 2. The number of sulfonamides is 1. The van der Waals surface area contributed by atoms with Crippen LogP contribution in [0.15, 0.2) is 42.6 Å². The highest BCUT2D eigenvalue weighted by atomic mass is 35.5. The number of hydrogen-bond acceptors (Lipinski definition) is 7. The molecule has 0 unspecified atom stereocenters. The van der Waals surface area contributed by atoms with Gasteiger partial charge in [-0.25, -0.2) is 18.4 Å². The minimum absolute atomic E-state index is 0.0386. The molecule has 0 amide bonds. The first-order valence-electron chi connectivity index (χ1n) is 11.0. The van der Waals surface area contributed by atoms with Crippen LogP contribution in [0, 0.1) is 11.3 Å². The molecule has 36 heavy (non-hydrogen) atoms. The van der Waals surface area contributed by atoms with Gasteiger partial charge in [0.05, 0.1) is 34.2 Å². The molecule has 0 bridgehead atoms. The van der Waals surface area contributed by atoms with Crippen LogP contribution in [0.3, 0.4) is 0 Å². The van der Waals surface area contributed by atoms with Crippen LogP contribution in [0.5, 0.6) is 11.5 Å². The zero-order chi connectivity index (χ0) is 26.5. The molecule has 0 saturated heterocycles. The van der Waals surface area contributed by atoms with Crippen molar-refractivity contribution in [2.75, 3.05) is 17.6 Å². The number of ether oxygens (including phenoxy) is 2. The Hall–Kier alpha value is -3.06. The summed E-state index contributed by atoms with van der Waals surface area (Å²) in [4.78, 5) is 8.01. The normalized spacial score (nSPS) is 11.6. The van der Waals surface area contributed by atoms with Crippen molar-refractivity contribution in [3.05, 3.63) is 75.0 Å². The highest BCUT2D eigenvalue weighted by Crippen LogP contribution is 2.40. The number of anilines is 1. The van der Waals surface area contributed by atoms with Gasteiger partial charge in [-0.1, -0.05) is 50.0 Å². The lowest BCUT2D eigenvalue weighted by Crippen LogP contribution is -2.19. The fraction of sp³-hybridized carbons (Fsp3) is 0.320. The van der Waals surface area contributed by atoms with Gasteiger partial charge in [-0.2, -0.15) is 5.26 Å². The van der Waals surface area contributed by atoms with Gasteiger partial charge in [-0.15, -0.1) is 0 Å². The number of rotatable bonds is 10. The number of halogens is 2. The standard InChI is InChI=1S/C25H26Cl2N4O4S/c1-5-10-34-23-16(14-28)11-18(13-21(23)27)25(2,3)17-6-7-22(20(26)12-17)35-15-19-8-9-29-24(30-19)31-36(4,32)33/h6-9,11-13H,5,10,15H2,1-4H3,(H,29,30,31). The molecule has 0 atom stereocenters. The molecule has 3 rings (SSSR count). The van der Waals surface area contributed by atoms with Crippen molar-refractivity contribution in [1.82, 2.24) is 9.97 Å². The minimum atomic E-state index is -3.49. The maximum Gasteiger partial charge on any atom is 0.236 e. The Balaban J connectivity index is 1.81. The average molecular weight is 549 g/mol. The van der Waals surface area contributed by atoms with E-state index < -0.39 is 15.4 Å². The van der Waals surface area contributed by atoms with E-state index >= 15 is 0 Å². The van der Waals surface area contributed by atoms with Gasteiger partial charge in [-0.05, 0) is 47.9 Å². The maximum atomic E-state index is 11.4. The Labute approximate surface area is 221 Å². The number of hydrogen-bond donors (Lipinski definition) is 1. The first-order chi connectivity index (χ1) is 16.9. The summed E-state index contributed by atoms with van der Waals surface area (Å²) in [6.07, 6.45) is 3.26. The lowest BCUT2D eigenvalue weighted by atomic mass is 9.77. The third kappa shape index (κ3) is 6.78. The smallest absolute Gasteiger partial charge is 0.236 e. The van der Waals surface area contributed by atoms with E-state index in [1.807, 2.05) is 32.9 Å². The molecule has 1 heterocycles. The lowest BCUT2D eigenvalue weighted by Gasteiger charge is -2.27. The lowest BCUT2D eigenvalue weighted by molar-refractivity contribution is 0.301. The molecule has 11 heteroatoms. The third-order valence-corrected chi connectivity index (χ3v) is 6.48. The summed E-state index contributed by atoms with van der Waals surface area (Å²) in [7, 11) is -3.49. The van der Waals surface area contributed by atoms with Gasteiger partial charge in [0.1, 0.15) is 18.4 Å². The molecular weight excluding hydrogens is 523 g/mol. The van der Waals surface area contributed by atoms with Crippen LogP contribution in [0.2, 0.25) is 10.0 Å². The zero-order valence-electron chi connectivity index (χ0n) is 20.3. The predicted molar refractivity (Wildman–Crippen MR) is 140 cm³/mol. The van der Waals surface area contributed by atoms with E-state index in [2.05, 4.69) is 20.8 Å². The number of nitrogens with zero attached hydrogens (tertiary/aromatic N) is 3. The van der Waals surface area contributed by atoms with Crippen LogP contribution in [-0.4, -0.2) is 31.2 Å². The number of nitrogens with one attached hydrogen (secondary N) is 1. The summed E-state index contributed by atoms with van der Waals surface area (Å²) < 4.78 is 36.5. The van der Waals surface area contributed by atoms with Gasteiger partial charge >= 0.3 is 0 Å². The van der Waals surface area contributed by atoms with E-state index in [-0.39, 0.29) is 12.6 Å². The molecule has 0 aliphatic heterocycles. The molecule has 8 nitrogen and oxygen atoms in total. The Morgan fingerprint density at radius 3 is 2.44 bits per heavy atom. The Kier molecular flexibility index (Phi) is 8.67. The monoisotopic (exact) mass is 548 g/mol. The van der Waals surface area contributed by atoms with Gasteiger partial charge in [0, 0.05) is 11.6 Å². The second-order valence-electron chi connectivity index (χ2n) is 8.60. The summed E-state index contributed by atoms with van der Waals surface area (Å²) in [5.41, 5.74) is 2.05. The van der Waals surface area contributed by atoms with Crippen LogP contribution in [-0.2, 0) is 22.0 Å². The van der Waals surface area contributed by atoms with Crippen molar-refractivity contribution in [1.29, 1.82) is 5.26 Å². The van der Waals surface area contributed by atoms with E-state index in [0.29, 0.717) is 39.4 Å². The van der Waals surface area contributed by atoms with Crippen molar-refractivity contribution in [2.45, 2.75) is 39.2 Å². The van der Waals surface area contributed by atoms with E-state index in [9.17, 15) is 13.7 Å². The predicted octanol–water partition coefficient (Wildman–Crippen LogP) is 5.72. The number of nitriles is 1. The highest BCUT2D eigenvalue weighted by Gasteiger charge is 2.27. The molecule has 0 aliphatic rings. The zero-order valence-corrected chi connectivity index (χ0v) is 22.6. The van der Waals surface area contributed by atoms with Crippen LogP contribution in [0.1, 0.15) is 49.6 Å². The summed E-state index contributed by atoms with van der Waals surface area (Å²) in [6.45, 7) is 6.53. The van der Waals surface area contributed by atoms with E-state index in [0.717, 1.165) is 23.8 Å². The van der Waals surface area contributed by atoms with Crippen molar-refractivity contribution in [2.24, 2.45) is 0 Å². The van der Waals surface area contributed by atoms with Crippen LogP contribution < -0.4 is 14.2 Å². The fourth-order valence-corrected chi connectivity index (χ4v) is 4.34. The summed E-state index contributed by atoms with van der Waals surface area (Å²) in [5.74, 6) is 0.789. The Bertz CT molecular complexity index is 1410. The van der Waals surface area contributed by atoms with Crippen LogP contribution >= 0.6 is 23.2 Å². The fourth-order valence-electron chi connectivity index (χ4n) is 3.40. The summed E-state index contributed by atoms with van der Waals surface area (Å²) in [5, 5.41) is 10.4. The molecule has 190 valence electrons. The maximum absolute atomic E-state index is 11.4. The van der Waals surface area contributed by atoms with Crippen molar-refractivity contribution < 1.29 is 17.9 Å². The van der Waals surface area contributed by atoms with E-state index in [1.54, 1.807) is 24.3 Å². The first-order valence-corrected chi connectivity index (χ1v) is 13.7. The van der Waals surface area contributed by atoms with Crippen LogP contribution in [0.25, 0.3) is 0 Å². The quantitative estimate of drug-likeness (QED) is 0.344. The Morgan fingerprint density at radius 1 is 1.08 bits per heavy atom. The van der Waals surface area contributed by atoms with Gasteiger partial charge in [0.2, 0.25) is 16.0 Å². The second kappa shape index (κ2) is 11.3. The topological polar surface area (TPSA) is 114 Å². The van der Waals surface area contributed by atoms with E-state index in [4.69, 9.17) is 32.7 Å². The Morgan fingerprint density at radius 2 is 1.81 bits per heavy atom. The summed E-state index contributed by atoms with van der Waals surface area (Å²) >= 11 is 13.0. The molecule has 1 aromatic heterocycles. The molecule has 1 N–H and O–H groups in total. The first kappa shape index (κ1) is 27.5. The largest absolute Gasteiger partial charge is 0.491 e. The molecule has 0 spiro atoms. The molecular formula is C25H26Cl2N4O4S. The molecule has 3 aromatic rings. The molecule has 0 radical (unpaired) electrons. The van der Waals surface area contributed by atoms with Crippen LogP contribution in [0.4, 0.5) is 5.95 Å². The van der Waals surface area contributed by atoms with Crippen molar-refractivity contribution in [3.63, 3.8) is 0 Å². The average Bonchev–Trinajstić information content (AvgIpc) is 2.81. The molecule has 0 aliphatic carbocycles. The molecule has 0 saturated carbocycles. The van der Waals surface area contributed by atoms with Crippen molar-refractivity contribution >= 4 is 39.2 Å². The van der Waals surface area contributed by atoms with Gasteiger partial charge < -0.3 is 9.47 Å². The highest BCUT2D eigenvalue weighted by molar-refractivity contribution is 7.91. The minimum Gasteiger partial charge on any atom is -0.491 e.